The number of pyridine rings is 1. The van der Waals surface area contributed by atoms with E-state index in [-0.39, 0.29) is 35.3 Å². The second-order valence-electron chi connectivity index (χ2n) is 16.2. The van der Waals surface area contributed by atoms with Gasteiger partial charge in [0.05, 0.1) is 12.1 Å². The Morgan fingerprint density at radius 2 is 1.63 bits per heavy atom. The van der Waals surface area contributed by atoms with Gasteiger partial charge in [0.25, 0.3) is 11.5 Å². The summed E-state index contributed by atoms with van der Waals surface area (Å²) in [5.41, 5.74) is 3.82. The summed E-state index contributed by atoms with van der Waals surface area (Å²) < 4.78 is 1.53. The van der Waals surface area contributed by atoms with Crippen molar-refractivity contribution in [1.82, 2.24) is 25.4 Å². The van der Waals surface area contributed by atoms with E-state index in [4.69, 9.17) is 5.73 Å². The molecule has 2 aliphatic carbocycles. The van der Waals surface area contributed by atoms with Crippen LogP contribution >= 0.6 is 0 Å². The Labute approximate surface area is 271 Å². The van der Waals surface area contributed by atoms with Crippen LogP contribution in [0, 0.1) is 34.0 Å². The number of hydrogen-bond donors (Lipinski definition) is 4. The molecule has 46 heavy (non-hydrogen) atoms. The highest BCUT2D eigenvalue weighted by Crippen LogP contribution is 2.65. The van der Waals surface area contributed by atoms with Gasteiger partial charge in [0, 0.05) is 25.4 Å². The predicted molar refractivity (Wildman–Crippen MR) is 173 cm³/mol. The van der Waals surface area contributed by atoms with Crippen molar-refractivity contribution in [3.8, 4) is 0 Å². The van der Waals surface area contributed by atoms with Crippen LogP contribution in [0.25, 0.3) is 0 Å². The van der Waals surface area contributed by atoms with Crippen molar-refractivity contribution in [3.05, 3.63) is 34.7 Å². The smallest absolute Gasteiger partial charge is 0.315 e. The lowest BCUT2D eigenvalue weighted by Gasteiger charge is -2.39. The summed E-state index contributed by atoms with van der Waals surface area (Å²) in [6.07, 6.45) is 4.88. The zero-order valence-electron chi connectivity index (χ0n) is 28.5. The van der Waals surface area contributed by atoms with Crippen LogP contribution in [0.1, 0.15) is 81.1 Å². The fraction of sp³-hybridized carbons (Fsp3) is 0.706. The van der Waals surface area contributed by atoms with E-state index >= 15 is 0 Å². The third-order valence-corrected chi connectivity index (χ3v) is 10.4. The van der Waals surface area contributed by atoms with E-state index in [1.165, 1.54) is 15.5 Å². The third-order valence-electron chi connectivity index (χ3n) is 10.4. The monoisotopic (exact) mass is 640 g/mol. The molecule has 0 radical (unpaired) electrons. The summed E-state index contributed by atoms with van der Waals surface area (Å²) in [6, 6.07) is 0.979. The fourth-order valence-electron chi connectivity index (χ4n) is 7.03. The van der Waals surface area contributed by atoms with Crippen molar-refractivity contribution < 1.29 is 24.0 Å². The quantitative estimate of drug-likeness (QED) is 0.270. The Morgan fingerprint density at radius 3 is 2.15 bits per heavy atom. The van der Waals surface area contributed by atoms with Gasteiger partial charge in [-0.1, -0.05) is 80.7 Å². The van der Waals surface area contributed by atoms with Crippen molar-refractivity contribution in [2.24, 2.45) is 39.7 Å². The average molecular weight is 641 g/mol. The van der Waals surface area contributed by atoms with E-state index in [9.17, 15) is 28.8 Å². The van der Waals surface area contributed by atoms with Crippen molar-refractivity contribution in [2.45, 2.75) is 112 Å². The van der Waals surface area contributed by atoms with Gasteiger partial charge in [-0.15, -0.1) is 0 Å². The van der Waals surface area contributed by atoms with Crippen molar-refractivity contribution in [3.63, 3.8) is 0 Å². The number of aromatic nitrogens is 1. The number of fused-ring (bicyclic) bond motifs is 1. The Hall–Kier alpha value is -3.70. The maximum Gasteiger partial charge on any atom is 0.315 e. The van der Waals surface area contributed by atoms with E-state index in [1.54, 1.807) is 18.3 Å². The number of ketones is 1. The number of nitrogens with one attached hydrogen (secondary N) is 3. The number of carbonyl (C=O) groups excluding carboxylic acids is 5. The molecule has 1 unspecified atom stereocenters. The van der Waals surface area contributed by atoms with Crippen LogP contribution in [-0.4, -0.2) is 69.7 Å². The molecule has 4 rings (SSSR count). The minimum absolute atomic E-state index is 0.0769. The molecular weight excluding hydrogens is 588 g/mol. The van der Waals surface area contributed by atoms with Gasteiger partial charge in [-0.3, -0.25) is 24.0 Å². The molecule has 5 N–H and O–H groups in total. The summed E-state index contributed by atoms with van der Waals surface area (Å²) in [4.78, 5) is 80.2. The number of carbonyl (C=O) groups is 5. The molecule has 1 saturated heterocycles. The van der Waals surface area contributed by atoms with Gasteiger partial charge in [-0.05, 0) is 46.5 Å². The SMILES string of the molecule is CC(C)(C)[C@H](NC(=O)N[C@H](Cn1ccccc1=O)C(C)(C)C)C(=O)N1C[C@H]2[C@@H]([C@H]1C(=O)NC(CC1CCC1)C(=O)C(N)=O)C2(C)C. The maximum absolute atomic E-state index is 14.3. The van der Waals surface area contributed by atoms with Crippen LogP contribution in [0.3, 0.4) is 0 Å². The highest BCUT2D eigenvalue weighted by atomic mass is 16.2. The van der Waals surface area contributed by atoms with Gasteiger partial charge >= 0.3 is 6.03 Å². The van der Waals surface area contributed by atoms with E-state index < -0.39 is 64.5 Å². The molecule has 0 spiro atoms. The molecule has 3 aliphatic rings. The first-order valence-corrected chi connectivity index (χ1v) is 16.4. The number of rotatable bonds is 11. The molecule has 2 saturated carbocycles. The fourth-order valence-corrected chi connectivity index (χ4v) is 7.03. The summed E-state index contributed by atoms with van der Waals surface area (Å²) in [5, 5.41) is 8.67. The van der Waals surface area contributed by atoms with E-state index in [0.29, 0.717) is 13.0 Å². The molecule has 2 heterocycles. The minimum atomic E-state index is -1.10. The molecule has 254 valence electrons. The number of nitrogens with two attached hydrogens (primary N) is 1. The lowest BCUT2D eigenvalue weighted by atomic mass is 9.80. The van der Waals surface area contributed by atoms with Gasteiger partial charge in [-0.25, -0.2) is 4.79 Å². The predicted octanol–water partition coefficient (Wildman–Crippen LogP) is 2.19. The number of primary amides is 1. The summed E-state index contributed by atoms with van der Waals surface area (Å²) in [6.45, 7) is 16.1. The van der Waals surface area contributed by atoms with Crippen molar-refractivity contribution >= 4 is 29.5 Å². The molecule has 0 bridgehead atoms. The lowest BCUT2D eigenvalue weighted by Crippen LogP contribution is -2.62. The average Bonchev–Trinajstić information content (AvgIpc) is 3.24. The summed E-state index contributed by atoms with van der Waals surface area (Å²) in [7, 11) is 0. The van der Waals surface area contributed by atoms with Crippen LogP contribution < -0.4 is 27.2 Å². The second kappa shape index (κ2) is 12.8. The maximum atomic E-state index is 14.3. The number of amides is 5. The van der Waals surface area contributed by atoms with Crippen molar-refractivity contribution in [2.75, 3.05) is 6.54 Å². The van der Waals surface area contributed by atoms with Crippen LogP contribution in [-0.2, 0) is 25.7 Å². The Bertz CT molecular complexity index is 1420. The minimum Gasteiger partial charge on any atom is -0.363 e. The molecular formula is C34H52N6O6. The number of nitrogens with zero attached hydrogens (tertiary/aromatic N) is 2. The standard InChI is InChI=1S/C34H52N6O6/c1-32(2,3)22(18-39-15-10-9-14-23(39)41)37-31(46)38-27(33(4,5)6)30(45)40-17-20-24(34(20,7)8)25(40)29(44)36-21(26(42)28(35)43)16-19-12-11-13-19/h9-10,14-15,19-22,24-25,27H,11-13,16-18H2,1-8H3,(H2,35,43)(H,36,44)(H2,37,38,46)/t20-,21?,22+,24-,25-,27+/m0/s1. The molecule has 1 aromatic heterocycles. The molecule has 0 aromatic carbocycles. The zero-order chi connectivity index (χ0) is 34.4. The lowest BCUT2D eigenvalue weighted by molar-refractivity contribution is -0.145. The first-order valence-electron chi connectivity index (χ1n) is 16.4. The van der Waals surface area contributed by atoms with Crippen molar-refractivity contribution in [1.29, 1.82) is 0 Å². The Balaban J connectivity index is 1.54. The first-order chi connectivity index (χ1) is 21.2. The molecule has 12 nitrogen and oxygen atoms in total. The van der Waals surface area contributed by atoms with Gasteiger partial charge < -0.3 is 31.2 Å². The number of hydrogen-bond acceptors (Lipinski definition) is 6. The van der Waals surface area contributed by atoms with Gasteiger partial charge in [-0.2, -0.15) is 0 Å². The highest BCUT2D eigenvalue weighted by Gasteiger charge is 2.70. The molecule has 12 heteroatoms. The Morgan fingerprint density at radius 1 is 0.978 bits per heavy atom. The Kier molecular flexibility index (Phi) is 9.81. The molecule has 6 atom stereocenters. The number of piperidine rings is 1. The molecule has 3 fully saturated rings. The van der Waals surface area contributed by atoms with Crippen LogP contribution in [0.2, 0.25) is 0 Å². The van der Waals surface area contributed by atoms with Gasteiger partial charge in [0.15, 0.2) is 0 Å². The molecule has 1 aromatic rings. The normalized spacial score (nSPS) is 24.1. The molecule has 5 amide bonds. The number of likely N-dealkylation sites (tertiary alicyclic amines) is 1. The molecule has 1 aliphatic heterocycles. The topological polar surface area (TPSA) is 173 Å². The summed E-state index contributed by atoms with van der Waals surface area (Å²) in [5.74, 6) is -2.63. The number of Topliss-reactive ketones (excluding diaryl/α,β-unsaturated/α-hetero) is 1. The zero-order valence-corrected chi connectivity index (χ0v) is 28.5. The largest absolute Gasteiger partial charge is 0.363 e. The van der Waals surface area contributed by atoms with Crippen LogP contribution in [0.5, 0.6) is 0 Å². The highest BCUT2D eigenvalue weighted by molar-refractivity contribution is 6.37. The van der Waals surface area contributed by atoms with E-state index in [2.05, 4.69) is 29.8 Å². The van der Waals surface area contributed by atoms with E-state index in [0.717, 1.165) is 19.3 Å². The first kappa shape index (κ1) is 35.2. The van der Waals surface area contributed by atoms with Crippen LogP contribution in [0.4, 0.5) is 4.79 Å². The van der Waals surface area contributed by atoms with E-state index in [1.807, 2.05) is 41.5 Å². The number of urea groups is 1. The van der Waals surface area contributed by atoms with Crippen LogP contribution in [0.15, 0.2) is 29.2 Å². The second-order valence-corrected chi connectivity index (χ2v) is 16.2. The third kappa shape index (κ3) is 7.47. The van der Waals surface area contributed by atoms with Gasteiger partial charge in [0.1, 0.15) is 12.1 Å². The van der Waals surface area contributed by atoms with Gasteiger partial charge in [0.2, 0.25) is 17.6 Å². The summed E-state index contributed by atoms with van der Waals surface area (Å²) >= 11 is 0.